The summed E-state index contributed by atoms with van der Waals surface area (Å²) in [5.74, 6) is 0.384. The summed E-state index contributed by atoms with van der Waals surface area (Å²) in [4.78, 5) is 11.4. The molecule has 0 unspecified atom stereocenters. The van der Waals surface area contributed by atoms with Crippen molar-refractivity contribution in [2.45, 2.75) is 6.61 Å². The van der Waals surface area contributed by atoms with Gasteiger partial charge in [-0.15, -0.1) is 5.10 Å². The molecule has 0 aliphatic heterocycles. The maximum Gasteiger partial charge on any atom is 0.337 e. The van der Waals surface area contributed by atoms with E-state index in [0.29, 0.717) is 12.2 Å². The van der Waals surface area contributed by atoms with Gasteiger partial charge in [-0.1, -0.05) is 12.1 Å². The molecule has 0 atom stereocenters. The number of carbonyl (C=O) groups excluding carboxylic acids is 1. The minimum Gasteiger partial charge on any atom is -0.489 e. The summed E-state index contributed by atoms with van der Waals surface area (Å²) in [6.45, 7) is 0.408. The molecular formula is C16H14N4O3. The third-order valence-corrected chi connectivity index (χ3v) is 3.23. The van der Waals surface area contributed by atoms with Crippen molar-refractivity contribution < 1.29 is 14.3 Å². The second-order valence-electron chi connectivity index (χ2n) is 4.73. The van der Waals surface area contributed by atoms with Crippen molar-refractivity contribution in [3.05, 3.63) is 66.0 Å². The number of esters is 1. The smallest absolute Gasteiger partial charge is 0.337 e. The quantitative estimate of drug-likeness (QED) is 0.671. The maximum atomic E-state index is 11.4. The van der Waals surface area contributed by atoms with E-state index < -0.39 is 0 Å². The summed E-state index contributed by atoms with van der Waals surface area (Å²) >= 11 is 0. The Morgan fingerprint density at radius 2 is 1.83 bits per heavy atom. The summed E-state index contributed by atoms with van der Waals surface area (Å²) in [5, 5.41) is 11.0. The van der Waals surface area contributed by atoms with Crippen LogP contribution in [-0.2, 0) is 11.3 Å². The summed E-state index contributed by atoms with van der Waals surface area (Å²) in [6, 6.07) is 14.5. The molecule has 0 bridgehead atoms. The molecule has 116 valence electrons. The van der Waals surface area contributed by atoms with Crippen LogP contribution in [0, 0.1) is 0 Å². The van der Waals surface area contributed by atoms with Gasteiger partial charge in [0.15, 0.2) is 0 Å². The predicted molar refractivity (Wildman–Crippen MR) is 81.3 cm³/mol. The zero-order valence-electron chi connectivity index (χ0n) is 12.4. The molecule has 0 fully saturated rings. The van der Waals surface area contributed by atoms with Crippen LogP contribution in [0.1, 0.15) is 15.9 Å². The highest BCUT2D eigenvalue weighted by molar-refractivity contribution is 5.89. The van der Waals surface area contributed by atoms with Crippen molar-refractivity contribution in [2.24, 2.45) is 0 Å². The van der Waals surface area contributed by atoms with Gasteiger partial charge in [-0.05, 0) is 52.4 Å². The van der Waals surface area contributed by atoms with E-state index in [4.69, 9.17) is 4.74 Å². The first-order valence-electron chi connectivity index (χ1n) is 6.90. The molecule has 3 rings (SSSR count). The third-order valence-electron chi connectivity index (χ3n) is 3.23. The molecule has 7 nitrogen and oxygen atoms in total. The number of aromatic nitrogens is 4. The van der Waals surface area contributed by atoms with Crippen molar-refractivity contribution in [3.8, 4) is 11.4 Å². The zero-order chi connectivity index (χ0) is 16.1. The number of nitrogens with zero attached hydrogens (tertiary/aromatic N) is 4. The van der Waals surface area contributed by atoms with E-state index in [1.807, 2.05) is 36.4 Å². The van der Waals surface area contributed by atoms with Crippen molar-refractivity contribution in [1.82, 2.24) is 20.2 Å². The fraction of sp³-hybridized carbons (Fsp3) is 0.125. The Hall–Kier alpha value is -3.22. The highest BCUT2D eigenvalue weighted by Crippen LogP contribution is 2.16. The van der Waals surface area contributed by atoms with Crippen LogP contribution in [0.25, 0.3) is 5.69 Å². The number of methoxy groups -OCH3 is 1. The van der Waals surface area contributed by atoms with Gasteiger partial charge < -0.3 is 9.47 Å². The Bertz CT molecular complexity index is 768. The maximum absolute atomic E-state index is 11.4. The minimum atomic E-state index is -0.351. The lowest BCUT2D eigenvalue weighted by Gasteiger charge is -2.07. The second kappa shape index (κ2) is 6.69. The molecule has 1 heterocycles. The van der Waals surface area contributed by atoms with Crippen LogP contribution in [-0.4, -0.2) is 33.3 Å². The molecule has 0 N–H and O–H groups in total. The Morgan fingerprint density at radius 3 is 2.43 bits per heavy atom. The van der Waals surface area contributed by atoms with Crippen LogP contribution in [0.3, 0.4) is 0 Å². The lowest BCUT2D eigenvalue weighted by molar-refractivity contribution is 0.0600. The third kappa shape index (κ3) is 3.52. The van der Waals surface area contributed by atoms with Crippen molar-refractivity contribution >= 4 is 5.97 Å². The van der Waals surface area contributed by atoms with E-state index >= 15 is 0 Å². The van der Waals surface area contributed by atoms with Crippen LogP contribution in [0.5, 0.6) is 5.75 Å². The van der Waals surface area contributed by atoms with Crippen molar-refractivity contribution in [1.29, 1.82) is 0 Å². The zero-order valence-corrected chi connectivity index (χ0v) is 12.4. The van der Waals surface area contributed by atoms with Crippen LogP contribution >= 0.6 is 0 Å². The Morgan fingerprint density at radius 1 is 1.09 bits per heavy atom. The first kappa shape index (κ1) is 14.7. The highest BCUT2D eigenvalue weighted by atomic mass is 16.5. The number of hydrogen-bond donors (Lipinski definition) is 0. The van der Waals surface area contributed by atoms with Gasteiger partial charge in [-0.3, -0.25) is 0 Å². The molecule has 3 aromatic rings. The van der Waals surface area contributed by atoms with Crippen LogP contribution < -0.4 is 4.74 Å². The molecule has 0 aliphatic carbocycles. The number of tetrazole rings is 1. The van der Waals surface area contributed by atoms with E-state index in [0.717, 1.165) is 17.0 Å². The first-order chi connectivity index (χ1) is 11.3. The molecule has 1 aromatic heterocycles. The van der Waals surface area contributed by atoms with Gasteiger partial charge in [0.05, 0.1) is 18.4 Å². The van der Waals surface area contributed by atoms with Gasteiger partial charge in [0, 0.05) is 0 Å². The van der Waals surface area contributed by atoms with Crippen LogP contribution in [0.4, 0.5) is 0 Å². The largest absolute Gasteiger partial charge is 0.489 e. The van der Waals surface area contributed by atoms with Gasteiger partial charge in [0.2, 0.25) is 0 Å². The monoisotopic (exact) mass is 310 g/mol. The average Bonchev–Trinajstić information content (AvgIpc) is 3.15. The summed E-state index contributed by atoms with van der Waals surface area (Å²) in [7, 11) is 1.36. The van der Waals surface area contributed by atoms with E-state index in [1.165, 1.54) is 13.4 Å². The van der Waals surface area contributed by atoms with Gasteiger partial charge in [-0.25, -0.2) is 9.48 Å². The van der Waals surface area contributed by atoms with Crippen molar-refractivity contribution in [2.75, 3.05) is 7.11 Å². The Labute approximate surface area is 132 Å². The fourth-order valence-electron chi connectivity index (χ4n) is 2.00. The normalized spacial score (nSPS) is 10.3. The molecule has 0 aliphatic rings. The summed E-state index contributed by atoms with van der Waals surface area (Å²) < 4.78 is 11.9. The van der Waals surface area contributed by atoms with Gasteiger partial charge in [0.1, 0.15) is 18.7 Å². The van der Waals surface area contributed by atoms with Gasteiger partial charge in [-0.2, -0.15) is 0 Å². The highest BCUT2D eigenvalue weighted by Gasteiger charge is 2.05. The van der Waals surface area contributed by atoms with Crippen molar-refractivity contribution in [3.63, 3.8) is 0 Å². The minimum absolute atomic E-state index is 0.351. The van der Waals surface area contributed by atoms with E-state index in [2.05, 4.69) is 20.3 Å². The number of carbonyl (C=O) groups is 1. The molecule has 0 spiro atoms. The van der Waals surface area contributed by atoms with E-state index in [-0.39, 0.29) is 5.97 Å². The first-order valence-corrected chi connectivity index (χ1v) is 6.90. The molecule has 0 saturated carbocycles. The second-order valence-corrected chi connectivity index (χ2v) is 4.73. The number of benzene rings is 2. The molecule has 23 heavy (non-hydrogen) atoms. The summed E-state index contributed by atoms with van der Waals surface area (Å²) in [5.41, 5.74) is 2.33. The lowest BCUT2D eigenvalue weighted by atomic mass is 10.1. The fourth-order valence-corrected chi connectivity index (χ4v) is 2.00. The lowest BCUT2D eigenvalue weighted by Crippen LogP contribution is -2.02. The van der Waals surface area contributed by atoms with Gasteiger partial charge >= 0.3 is 5.97 Å². The topological polar surface area (TPSA) is 79.1 Å². The number of rotatable bonds is 5. The van der Waals surface area contributed by atoms with Gasteiger partial charge in [0.25, 0.3) is 0 Å². The number of hydrogen-bond acceptors (Lipinski definition) is 6. The number of ether oxygens (including phenoxy) is 2. The molecule has 0 radical (unpaired) electrons. The molecule has 2 aromatic carbocycles. The van der Waals surface area contributed by atoms with Crippen LogP contribution in [0.15, 0.2) is 54.9 Å². The molecule has 0 amide bonds. The summed E-state index contributed by atoms with van der Waals surface area (Å²) in [6.07, 6.45) is 1.53. The van der Waals surface area contributed by atoms with E-state index in [9.17, 15) is 4.79 Å². The SMILES string of the molecule is COC(=O)c1ccc(COc2ccc(-n3cnnn3)cc2)cc1. The Balaban J connectivity index is 1.61. The molecule has 7 heteroatoms. The molecule has 0 saturated heterocycles. The standard InChI is InChI=1S/C16H14N4O3/c1-22-16(21)13-4-2-12(3-5-13)10-23-15-8-6-14(7-9-15)20-11-17-18-19-20/h2-9,11H,10H2,1H3. The van der Waals surface area contributed by atoms with E-state index in [1.54, 1.807) is 16.8 Å². The molecular weight excluding hydrogens is 296 g/mol. The van der Waals surface area contributed by atoms with Crippen LogP contribution in [0.2, 0.25) is 0 Å². The average molecular weight is 310 g/mol. The Kier molecular flexibility index (Phi) is 4.28. The predicted octanol–water partition coefficient (Wildman–Crippen LogP) is 2.03.